The lowest BCUT2D eigenvalue weighted by molar-refractivity contribution is -0.131. The molecule has 0 saturated carbocycles. The predicted octanol–water partition coefficient (Wildman–Crippen LogP) is 10.4. The summed E-state index contributed by atoms with van der Waals surface area (Å²) >= 11 is 9.19. The molecule has 3 aliphatic rings. The Hall–Kier alpha value is -7.96. The van der Waals surface area contributed by atoms with Crippen molar-refractivity contribution < 1.29 is 86.5 Å². The van der Waals surface area contributed by atoms with Crippen LogP contribution < -0.4 is 24.7 Å². The summed E-state index contributed by atoms with van der Waals surface area (Å²) in [5.41, 5.74) is 6.80. The Balaban J connectivity index is 0.000000307. The smallest absolute Gasteiger partial charge is 0.342 e. The molecule has 0 bridgehead atoms. The summed E-state index contributed by atoms with van der Waals surface area (Å²) in [6, 6.07) is 7.74. The average molecular weight is 1520 g/mol. The molecule has 0 spiro atoms. The average Bonchev–Trinajstić information content (AvgIpc) is 0.902. The molecule has 3 amide bonds. The van der Waals surface area contributed by atoms with E-state index in [1.165, 1.54) is 53.1 Å². The SMILES string of the molecule is CC(=O)N1CCC(N)CC1.COc1cnc(Br)cc1C(=O)O.COc1cnc(Br)cc1C(=O)OC(C)(C)C.COc1cnc(CC2CCN(C(C)=O)CC2)cc1C(=O)O.COc1cnc(CC2CCN(C(C)=O)CC2)cc1C(=O)OC(C)(C)C.O=C(O)c1cc(Br)ncc1F. The van der Waals surface area contributed by atoms with Crippen LogP contribution in [-0.4, -0.2) is 187 Å². The summed E-state index contributed by atoms with van der Waals surface area (Å²) in [6.45, 7) is 20.5. The molecule has 95 heavy (non-hydrogen) atoms. The number of hydrogen-bond donors (Lipinski definition) is 4. The fraction of sp³-hybridized carbons (Fsp3) is 0.492. The number of piperidine rings is 3. The molecule has 5 N–H and O–H groups in total. The van der Waals surface area contributed by atoms with E-state index in [-0.39, 0.29) is 45.9 Å². The number of nitrogens with zero attached hydrogens (tertiary/aromatic N) is 8. The highest BCUT2D eigenvalue weighted by Crippen LogP contribution is 2.29. The molecule has 3 fully saturated rings. The number of ether oxygens (including phenoxy) is 6. The van der Waals surface area contributed by atoms with Gasteiger partial charge in [-0.2, -0.15) is 0 Å². The van der Waals surface area contributed by atoms with Gasteiger partial charge in [0, 0.05) is 77.5 Å². The van der Waals surface area contributed by atoms with Crippen molar-refractivity contribution in [2.24, 2.45) is 17.6 Å². The van der Waals surface area contributed by atoms with Crippen molar-refractivity contribution in [3.63, 3.8) is 0 Å². The van der Waals surface area contributed by atoms with Crippen molar-refractivity contribution in [1.82, 2.24) is 39.6 Å². The molecule has 0 atom stereocenters. The summed E-state index contributed by atoms with van der Waals surface area (Å²) in [5.74, 6) is -2.34. The zero-order valence-electron chi connectivity index (χ0n) is 55.6. The van der Waals surface area contributed by atoms with E-state index in [1.807, 2.05) is 56.2 Å². The maximum atomic E-state index is 12.6. The third-order valence-electron chi connectivity index (χ3n) is 14.2. The van der Waals surface area contributed by atoms with Crippen LogP contribution in [0.2, 0.25) is 0 Å². The largest absolute Gasteiger partial charge is 0.494 e. The van der Waals surface area contributed by atoms with E-state index in [4.69, 9.17) is 44.4 Å². The van der Waals surface area contributed by atoms with Gasteiger partial charge in [0.2, 0.25) is 17.7 Å². The first-order valence-electron chi connectivity index (χ1n) is 29.9. The van der Waals surface area contributed by atoms with Crippen LogP contribution in [0.5, 0.6) is 23.0 Å². The number of likely N-dealkylation sites (tertiary alicyclic amines) is 3. The van der Waals surface area contributed by atoms with E-state index >= 15 is 0 Å². The molecule has 8 rings (SSSR count). The minimum atomic E-state index is -1.30. The van der Waals surface area contributed by atoms with E-state index in [2.05, 4.69) is 72.7 Å². The van der Waals surface area contributed by atoms with Crippen LogP contribution >= 0.6 is 47.8 Å². The number of carboxylic acid groups (broad SMARTS) is 3. The predicted molar refractivity (Wildman–Crippen MR) is 358 cm³/mol. The third-order valence-corrected chi connectivity index (χ3v) is 15.5. The second-order valence-corrected chi connectivity index (χ2v) is 26.2. The number of carbonyl (C=O) groups is 8. The van der Waals surface area contributed by atoms with Gasteiger partial charge in [-0.15, -0.1) is 0 Å². The number of halogens is 4. The van der Waals surface area contributed by atoms with Gasteiger partial charge >= 0.3 is 29.8 Å². The summed E-state index contributed by atoms with van der Waals surface area (Å²) in [5, 5.41) is 26.3. The van der Waals surface area contributed by atoms with Gasteiger partial charge in [-0.3, -0.25) is 24.4 Å². The molecular weight excluding hydrogens is 1440 g/mol. The van der Waals surface area contributed by atoms with Gasteiger partial charge in [-0.25, -0.2) is 43.3 Å². The Morgan fingerprint density at radius 3 is 1.05 bits per heavy atom. The van der Waals surface area contributed by atoms with Crippen molar-refractivity contribution in [3.8, 4) is 23.0 Å². The standard InChI is InChI=1S/C19H28N2O4.C15H20N2O4.C11H14BrNO3.C7H6BrNO3.C7H14N2O.C6H3BrFNO2/c1-13(22)21-8-6-14(7-9-21)10-15-11-16(17(24-5)12-20-15)18(23)25-19(2,3)4;1-10(18)17-5-3-11(4-6-17)7-12-8-13(15(19)20)14(21-2)9-16-12;1-11(2,3)16-10(14)7-5-9(12)13-6-8(7)15-4;1-12-5-3-9-6(8)2-4(5)7(10)11;1-6(10)9-4-2-7(8)3-5-9;7-5-1-3(6(10)11)4(8)2-9-5/h11-12,14H,6-10H2,1-5H3;8-9,11H,3-7H2,1-2H3,(H,19,20);5-6H,1-4H3;2-3H,1H3,(H,10,11);7H,2-5,8H2,1H3;1-2H,(H,10,11). The highest BCUT2D eigenvalue weighted by Gasteiger charge is 2.27. The third kappa shape index (κ3) is 28.9. The number of nitrogens with two attached hydrogens (primary N) is 1. The molecule has 520 valence electrons. The topological polar surface area (TPSA) is 353 Å². The molecule has 0 radical (unpaired) electrons. The maximum absolute atomic E-state index is 12.6. The van der Waals surface area contributed by atoms with Crippen molar-refractivity contribution in [3.05, 3.63) is 120 Å². The molecule has 3 saturated heterocycles. The van der Waals surface area contributed by atoms with Crippen LogP contribution in [0, 0.1) is 17.7 Å². The van der Waals surface area contributed by atoms with Crippen LogP contribution in [0.25, 0.3) is 0 Å². The number of esters is 2. The molecule has 5 aromatic rings. The fourth-order valence-corrected chi connectivity index (χ4v) is 10.3. The van der Waals surface area contributed by atoms with Crippen LogP contribution in [-0.2, 0) is 36.7 Å². The first kappa shape index (κ1) is 81.3. The molecule has 0 unspecified atom stereocenters. The van der Waals surface area contributed by atoms with Gasteiger partial charge in [-0.05, 0) is 183 Å². The summed E-state index contributed by atoms with van der Waals surface area (Å²) < 4.78 is 44.7. The van der Waals surface area contributed by atoms with Crippen molar-refractivity contribution in [1.29, 1.82) is 0 Å². The molecule has 30 heteroatoms. The summed E-state index contributed by atoms with van der Waals surface area (Å²) in [6.07, 6.45) is 13.9. The Kier molecular flexibility index (Phi) is 33.5. The van der Waals surface area contributed by atoms with Crippen LogP contribution in [0.1, 0.15) is 164 Å². The van der Waals surface area contributed by atoms with E-state index in [1.54, 1.807) is 45.2 Å². The Bertz CT molecular complexity index is 3420. The second kappa shape index (κ2) is 39.2. The summed E-state index contributed by atoms with van der Waals surface area (Å²) in [4.78, 5) is 115. The molecule has 8 heterocycles. The first-order valence-corrected chi connectivity index (χ1v) is 32.3. The lowest BCUT2D eigenvalue weighted by Crippen LogP contribution is -2.41. The molecule has 0 aliphatic carbocycles. The van der Waals surface area contributed by atoms with Gasteiger partial charge in [0.25, 0.3) is 0 Å². The minimum Gasteiger partial charge on any atom is -0.494 e. The summed E-state index contributed by atoms with van der Waals surface area (Å²) in [7, 11) is 5.83. The zero-order valence-corrected chi connectivity index (χ0v) is 60.4. The molecule has 3 aliphatic heterocycles. The molecule has 0 aromatic carbocycles. The number of rotatable bonds is 13. The second-order valence-electron chi connectivity index (χ2n) is 23.7. The van der Waals surface area contributed by atoms with Gasteiger partial charge in [-0.1, -0.05) is 0 Å². The van der Waals surface area contributed by atoms with E-state index in [0.29, 0.717) is 54.3 Å². The van der Waals surface area contributed by atoms with Gasteiger partial charge < -0.3 is 64.2 Å². The van der Waals surface area contributed by atoms with E-state index in [0.717, 1.165) is 114 Å². The Morgan fingerprint density at radius 1 is 0.463 bits per heavy atom. The molecule has 5 aromatic heterocycles. The highest BCUT2D eigenvalue weighted by atomic mass is 79.9. The van der Waals surface area contributed by atoms with Gasteiger partial charge in [0.15, 0.2) is 28.8 Å². The minimum absolute atomic E-state index is 0.0966. The number of aromatic carboxylic acids is 3. The fourth-order valence-electron chi connectivity index (χ4n) is 9.29. The molecular formula is C65H85Br3FN9O17. The Morgan fingerprint density at radius 2 is 0.737 bits per heavy atom. The van der Waals surface area contributed by atoms with E-state index < -0.39 is 46.9 Å². The van der Waals surface area contributed by atoms with Crippen molar-refractivity contribution >= 4 is 95.4 Å². The van der Waals surface area contributed by atoms with Gasteiger partial charge in [0.1, 0.15) is 47.3 Å². The van der Waals surface area contributed by atoms with E-state index in [9.17, 15) is 47.9 Å². The van der Waals surface area contributed by atoms with Crippen molar-refractivity contribution in [2.45, 2.75) is 131 Å². The zero-order chi connectivity index (χ0) is 71.5. The lowest BCUT2D eigenvalue weighted by atomic mass is 9.91. The van der Waals surface area contributed by atoms with Crippen LogP contribution in [0.4, 0.5) is 4.39 Å². The number of aromatic nitrogens is 5. The van der Waals surface area contributed by atoms with Crippen LogP contribution in [0.3, 0.4) is 0 Å². The number of amides is 3. The monoisotopic (exact) mass is 1520 g/mol. The van der Waals surface area contributed by atoms with Crippen LogP contribution in [0.15, 0.2) is 75.1 Å². The maximum Gasteiger partial charge on any atom is 0.342 e. The lowest BCUT2D eigenvalue weighted by Gasteiger charge is -2.31. The first-order chi connectivity index (χ1) is 44.5. The van der Waals surface area contributed by atoms with Gasteiger partial charge in [0.05, 0.1) is 65.0 Å². The quantitative estimate of drug-likeness (QED) is 0.0628. The highest BCUT2D eigenvalue weighted by molar-refractivity contribution is 9.11. The molecule has 26 nitrogen and oxygen atoms in total. The van der Waals surface area contributed by atoms with Crippen molar-refractivity contribution in [2.75, 3.05) is 67.7 Å². The number of pyridine rings is 5. The Labute approximate surface area is 577 Å². The normalized spacial score (nSPS) is 14.1. The number of carboxylic acids is 3. The number of hydrogen-bond acceptors (Lipinski definition) is 20. The number of methoxy groups -OCH3 is 4. The number of carbonyl (C=O) groups excluding carboxylic acids is 5.